The molecule has 63 heavy (non-hydrogen) atoms. The predicted octanol–water partition coefficient (Wildman–Crippen LogP) is 15.2. The van der Waals surface area contributed by atoms with E-state index in [1.807, 2.05) is 30.3 Å². The van der Waals surface area contributed by atoms with E-state index in [0.29, 0.717) is 17.5 Å². The molecule has 4 heterocycles. The van der Waals surface area contributed by atoms with Crippen LogP contribution in [-0.4, -0.2) is 19.5 Å². The lowest BCUT2D eigenvalue weighted by atomic mass is 10.0. The van der Waals surface area contributed by atoms with Crippen molar-refractivity contribution >= 4 is 98.0 Å². The third kappa shape index (κ3) is 5.09. The molecular formula is C57H32N4O2. The Labute approximate surface area is 358 Å². The van der Waals surface area contributed by atoms with Crippen LogP contribution in [0.25, 0.3) is 138 Å². The van der Waals surface area contributed by atoms with Gasteiger partial charge in [0.2, 0.25) is 0 Å². The van der Waals surface area contributed by atoms with Gasteiger partial charge in [-0.2, -0.15) is 0 Å². The summed E-state index contributed by atoms with van der Waals surface area (Å²) in [5.74, 6) is 1.66. The highest BCUT2D eigenvalue weighted by Crippen LogP contribution is 2.42. The molecule has 0 spiro atoms. The zero-order valence-corrected chi connectivity index (χ0v) is 33.6. The minimum Gasteiger partial charge on any atom is -0.456 e. The molecule has 0 saturated heterocycles. The van der Waals surface area contributed by atoms with Crippen molar-refractivity contribution in [3.63, 3.8) is 0 Å². The van der Waals surface area contributed by atoms with Crippen molar-refractivity contribution in [2.75, 3.05) is 0 Å². The van der Waals surface area contributed by atoms with Gasteiger partial charge in [0.25, 0.3) is 0 Å². The summed E-state index contributed by atoms with van der Waals surface area (Å²) in [7, 11) is 0. The Morgan fingerprint density at radius 1 is 0.333 bits per heavy atom. The van der Waals surface area contributed by atoms with Crippen molar-refractivity contribution < 1.29 is 8.83 Å². The lowest BCUT2D eigenvalue weighted by molar-refractivity contribution is 0.668. The molecule has 6 heteroatoms. The van der Waals surface area contributed by atoms with Crippen molar-refractivity contribution in [2.45, 2.75) is 0 Å². The predicted molar refractivity (Wildman–Crippen MR) is 258 cm³/mol. The summed E-state index contributed by atoms with van der Waals surface area (Å²) in [6.45, 7) is 0. The molecule has 14 rings (SSSR count). The lowest BCUT2D eigenvalue weighted by Crippen LogP contribution is -2.00. The van der Waals surface area contributed by atoms with Crippen molar-refractivity contribution in [1.82, 2.24) is 19.5 Å². The molecule has 6 nitrogen and oxygen atoms in total. The summed E-state index contributed by atoms with van der Waals surface area (Å²) < 4.78 is 15.6. The van der Waals surface area contributed by atoms with Gasteiger partial charge in [-0.15, -0.1) is 0 Å². The van der Waals surface area contributed by atoms with Gasteiger partial charge in [0, 0.05) is 49.1 Å². The second-order valence-corrected chi connectivity index (χ2v) is 16.3. The fourth-order valence-electron chi connectivity index (χ4n) is 9.89. The van der Waals surface area contributed by atoms with Crippen molar-refractivity contribution in [3.05, 3.63) is 194 Å². The second kappa shape index (κ2) is 12.9. The van der Waals surface area contributed by atoms with Gasteiger partial charge >= 0.3 is 0 Å². The summed E-state index contributed by atoms with van der Waals surface area (Å²) in [6.07, 6.45) is 0. The number of hydrogen-bond acceptors (Lipinski definition) is 5. The molecule has 0 aliphatic carbocycles. The Morgan fingerprint density at radius 3 is 1.86 bits per heavy atom. The smallest absolute Gasteiger partial charge is 0.167 e. The maximum atomic E-state index is 6.91. The van der Waals surface area contributed by atoms with Crippen LogP contribution in [0.4, 0.5) is 0 Å². The minimum absolute atomic E-state index is 0.528. The van der Waals surface area contributed by atoms with Gasteiger partial charge in [0.05, 0.1) is 16.6 Å². The van der Waals surface area contributed by atoms with Crippen LogP contribution in [0.3, 0.4) is 0 Å². The highest BCUT2D eigenvalue weighted by Gasteiger charge is 2.22. The van der Waals surface area contributed by atoms with E-state index >= 15 is 0 Å². The zero-order valence-electron chi connectivity index (χ0n) is 33.6. The standard InChI is InChI=1S/C57H32N4O2/c1-2-12-35-29-38(24-23-33(35)11-1)55-58-56(43-18-10-22-50-52(43)41-16-6-8-21-49(41)62-50)60-57(59-55)44-19-9-17-42-53-45-32-39(27-25-34(45)26-28-51(53)63-54(42)44)61-47-20-7-5-15-40(47)46-30-36-13-3-4-14-37(36)31-48(46)61/h1-32H. The fourth-order valence-corrected chi connectivity index (χ4v) is 9.89. The monoisotopic (exact) mass is 804 g/mol. The molecule has 0 radical (unpaired) electrons. The van der Waals surface area contributed by atoms with Crippen LogP contribution in [0.15, 0.2) is 203 Å². The Bertz CT molecular complexity index is 4230. The Balaban J connectivity index is 1.00. The number of nitrogens with zero attached hydrogens (tertiary/aromatic N) is 4. The maximum Gasteiger partial charge on any atom is 0.167 e. The Morgan fingerprint density at radius 2 is 0.968 bits per heavy atom. The molecule has 10 aromatic carbocycles. The fraction of sp³-hybridized carbons (Fsp3) is 0. The second-order valence-electron chi connectivity index (χ2n) is 16.3. The van der Waals surface area contributed by atoms with Gasteiger partial charge in [-0.05, 0) is 93.0 Å². The Kier molecular flexibility index (Phi) is 7.02. The van der Waals surface area contributed by atoms with E-state index in [-0.39, 0.29) is 0 Å². The number of rotatable bonds is 4. The van der Waals surface area contributed by atoms with E-state index in [4.69, 9.17) is 23.8 Å². The third-order valence-electron chi connectivity index (χ3n) is 12.8. The topological polar surface area (TPSA) is 69.9 Å². The first-order chi connectivity index (χ1) is 31.2. The Hall–Kier alpha value is -8.61. The van der Waals surface area contributed by atoms with Crippen LogP contribution >= 0.6 is 0 Å². The number of furan rings is 2. The van der Waals surface area contributed by atoms with Crippen molar-refractivity contribution in [1.29, 1.82) is 0 Å². The summed E-state index contributed by atoms with van der Waals surface area (Å²) in [5, 5.41) is 13.4. The molecule has 0 unspecified atom stereocenters. The number of benzene rings is 10. The maximum absolute atomic E-state index is 6.91. The van der Waals surface area contributed by atoms with Crippen LogP contribution in [0.2, 0.25) is 0 Å². The first-order valence-corrected chi connectivity index (χ1v) is 21.2. The highest BCUT2D eigenvalue weighted by molar-refractivity contribution is 6.21. The van der Waals surface area contributed by atoms with Crippen LogP contribution in [0, 0.1) is 0 Å². The van der Waals surface area contributed by atoms with Gasteiger partial charge in [0.1, 0.15) is 22.3 Å². The third-order valence-corrected chi connectivity index (χ3v) is 12.8. The summed E-state index contributed by atoms with van der Waals surface area (Å²) >= 11 is 0. The van der Waals surface area contributed by atoms with Crippen molar-refractivity contribution in [3.8, 4) is 39.9 Å². The van der Waals surface area contributed by atoms with E-state index < -0.39 is 0 Å². The molecule has 0 aliphatic rings. The molecule has 0 saturated carbocycles. The summed E-state index contributed by atoms with van der Waals surface area (Å²) in [6, 6.07) is 68.1. The lowest BCUT2D eigenvalue weighted by Gasteiger charge is -2.11. The van der Waals surface area contributed by atoms with Crippen LogP contribution in [0.5, 0.6) is 0 Å². The normalized spacial score (nSPS) is 12.1. The van der Waals surface area contributed by atoms with Gasteiger partial charge < -0.3 is 13.4 Å². The first-order valence-electron chi connectivity index (χ1n) is 21.2. The van der Waals surface area contributed by atoms with E-state index in [0.717, 1.165) is 87.8 Å². The van der Waals surface area contributed by atoms with Crippen LogP contribution in [-0.2, 0) is 0 Å². The van der Waals surface area contributed by atoms with E-state index in [9.17, 15) is 0 Å². The van der Waals surface area contributed by atoms with Gasteiger partial charge in [-0.3, -0.25) is 0 Å². The summed E-state index contributed by atoms with van der Waals surface area (Å²) in [4.78, 5) is 15.7. The minimum atomic E-state index is 0.528. The SMILES string of the molecule is c1ccc2cc(-c3nc(-c4cccc5c4oc4ccc6ccc(-n7c8ccccc8c8cc9ccccc9cc87)cc6c45)nc(-c4cccc5oc6ccccc6c45)n3)ccc2c1. The van der Waals surface area contributed by atoms with E-state index in [1.165, 1.54) is 32.6 Å². The van der Waals surface area contributed by atoms with Gasteiger partial charge in [-0.1, -0.05) is 133 Å². The molecular weight excluding hydrogens is 773 g/mol. The molecule has 0 bridgehead atoms. The zero-order chi connectivity index (χ0) is 41.2. The quantitative estimate of drug-likeness (QED) is 0.177. The average Bonchev–Trinajstić information content (AvgIpc) is 4.02. The molecule has 292 valence electrons. The number of para-hydroxylation sites is 3. The molecule has 0 atom stereocenters. The van der Waals surface area contributed by atoms with E-state index in [1.54, 1.807) is 0 Å². The van der Waals surface area contributed by atoms with Gasteiger partial charge in [-0.25, -0.2) is 15.0 Å². The van der Waals surface area contributed by atoms with Crippen LogP contribution in [0.1, 0.15) is 0 Å². The first kappa shape index (κ1) is 34.1. The molecule has 0 amide bonds. The van der Waals surface area contributed by atoms with E-state index in [2.05, 4.69) is 168 Å². The summed E-state index contributed by atoms with van der Waals surface area (Å²) in [5.41, 5.74) is 9.11. The van der Waals surface area contributed by atoms with Gasteiger partial charge in [0.15, 0.2) is 17.5 Å². The molecule has 14 aromatic rings. The number of hydrogen-bond donors (Lipinski definition) is 0. The van der Waals surface area contributed by atoms with Crippen LogP contribution < -0.4 is 0 Å². The molecule has 0 aliphatic heterocycles. The number of aromatic nitrogens is 4. The van der Waals surface area contributed by atoms with Crippen molar-refractivity contribution in [2.24, 2.45) is 0 Å². The molecule has 0 fully saturated rings. The molecule has 0 N–H and O–H groups in total. The number of fused-ring (bicyclic) bond motifs is 13. The largest absolute Gasteiger partial charge is 0.456 e. The average molecular weight is 805 g/mol. The highest BCUT2D eigenvalue weighted by atomic mass is 16.3. The molecule has 4 aromatic heterocycles.